The van der Waals surface area contributed by atoms with E-state index in [-0.39, 0.29) is 24.0 Å². The molecule has 3 aliphatic carbocycles. The van der Waals surface area contributed by atoms with Gasteiger partial charge in [0.25, 0.3) is 0 Å². The molecule has 1 N–H and O–H groups in total. The smallest absolute Gasteiger partial charge is 0.411 e. The van der Waals surface area contributed by atoms with Crippen LogP contribution in [0.5, 0.6) is 0 Å². The summed E-state index contributed by atoms with van der Waals surface area (Å²) in [6, 6.07) is -1.75. The van der Waals surface area contributed by atoms with Gasteiger partial charge in [0.2, 0.25) is 0 Å². The highest BCUT2D eigenvalue weighted by molar-refractivity contribution is 5.91. The standard InChI is InChI=1S/C26H41F3N4O4/c1-22(2,3)36-20(34)30-25-11-8-24(9-12-25,10-13-25)16-33-19(26(27,28)29)17-15-32(14-7-18(17)31-33)21(35)37-23(4,5)6/h17,19H,7-16H2,1-6H3,(H,30,34). The number of carbonyl (C=O) groups is 2. The molecule has 5 rings (SSSR count). The van der Waals surface area contributed by atoms with Crippen LogP contribution in [0.3, 0.4) is 0 Å². The van der Waals surface area contributed by atoms with Crippen molar-refractivity contribution in [3.63, 3.8) is 0 Å². The lowest BCUT2D eigenvalue weighted by Gasteiger charge is -2.54. The molecule has 2 atom stereocenters. The minimum absolute atomic E-state index is 0.0512. The van der Waals surface area contributed by atoms with Gasteiger partial charge in [-0.05, 0) is 85.5 Å². The Kier molecular flexibility index (Phi) is 6.93. The number of hydrogen-bond donors (Lipinski definition) is 1. The second kappa shape index (κ2) is 9.22. The fourth-order valence-corrected chi connectivity index (χ4v) is 6.28. The van der Waals surface area contributed by atoms with E-state index in [4.69, 9.17) is 9.47 Å². The molecule has 2 heterocycles. The van der Waals surface area contributed by atoms with Crippen molar-refractivity contribution < 1.29 is 32.2 Å². The molecule has 0 aromatic heterocycles. The summed E-state index contributed by atoms with van der Waals surface area (Å²) in [5.74, 6) is -0.891. The van der Waals surface area contributed by atoms with Crippen molar-refractivity contribution in [1.82, 2.24) is 15.2 Å². The van der Waals surface area contributed by atoms with E-state index >= 15 is 0 Å². The average molecular weight is 531 g/mol. The van der Waals surface area contributed by atoms with Crippen molar-refractivity contribution >= 4 is 17.9 Å². The number of hydrazone groups is 1. The Labute approximate surface area is 217 Å². The van der Waals surface area contributed by atoms with Gasteiger partial charge in [0.15, 0.2) is 6.04 Å². The second-order valence-electron chi connectivity index (χ2n) is 13.4. The van der Waals surface area contributed by atoms with Gasteiger partial charge in [-0.25, -0.2) is 9.59 Å². The first-order valence-corrected chi connectivity index (χ1v) is 13.3. The Morgan fingerprint density at radius 3 is 2.05 bits per heavy atom. The van der Waals surface area contributed by atoms with Crippen LogP contribution in [0.1, 0.15) is 86.5 Å². The molecule has 8 nitrogen and oxygen atoms in total. The third kappa shape index (κ3) is 6.28. The highest BCUT2D eigenvalue weighted by atomic mass is 19.4. The van der Waals surface area contributed by atoms with Gasteiger partial charge in [-0.2, -0.15) is 18.3 Å². The highest BCUT2D eigenvalue weighted by Gasteiger charge is 2.58. The largest absolute Gasteiger partial charge is 0.444 e. The molecule has 2 unspecified atom stereocenters. The van der Waals surface area contributed by atoms with E-state index in [9.17, 15) is 22.8 Å². The number of alkyl carbamates (subject to hydrolysis) is 1. The SMILES string of the molecule is CC(C)(C)OC(=O)NC12CCC(CN3N=C4CCN(C(=O)OC(C)(C)C)CC4C3C(F)(F)F)(CC1)CC2. The topological polar surface area (TPSA) is 83.5 Å². The minimum Gasteiger partial charge on any atom is -0.444 e. The van der Waals surface area contributed by atoms with Gasteiger partial charge < -0.3 is 19.7 Å². The quantitative estimate of drug-likeness (QED) is 0.524. The molecule has 0 radical (unpaired) electrons. The molecule has 2 aliphatic heterocycles. The third-order valence-electron chi connectivity index (χ3n) is 8.09. The monoisotopic (exact) mass is 530 g/mol. The van der Waals surface area contributed by atoms with E-state index < -0.39 is 41.5 Å². The average Bonchev–Trinajstić information content (AvgIpc) is 3.09. The van der Waals surface area contributed by atoms with E-state index in [2.05, 4.69) is 10.4 Å². The predicted molar refractivity (Wildman–Crippen MR) is 132 cm³/mol. The summed E-state index contributed by atoms with van der Waals surface area (Å²) >= 11 is 0. The molecular weight excluding hydrogens is 489 g/mol. The number of alkyl halides is 3. The zero-order chi connectivity index (χ0) is 27.4. The molecule has 210 valence electrons. The lowest BCUT2D eigenvalue weighted by atomic mass is 9.57. The predicted octanol–water partition coefficient (Wildman–Crippen LogP) is 5.46. The first-order chi connectivity index (χ1) is 16.9. The lowest BCUT2D eigenvalue weighted by molar-refractivity contribution is -0.194. The Morgan fingerprint density at radius 1 is 0.973 bits per heavy atom. The maximum atomic E-state index is 14.4. The van der Waals surface area contributed by atoms with Crippen LogP contribution >= 0.6 is 0 Å². The van der Waals surface area contributed by atoms with Crippen molar-refractivity contribution in [2.45, 2.75) is 115 Å². The molecule has 5 aliphatic rings. The molecule has 1 saturated heterocycles. The molecule has 3 saturated carbocycles. The Morgan fingerprint density at radius 2 is 1.54 bits per heavy atom. The van der Waals surface area contributed by atoms with Crippen LogP contribution in [0, 0.1) is 11.3 Å². The number of nitrogens with one attached hydrogen (secondary N) is 1. The molecule has 0 spiro atoms. The van der Waals surface area contributed by atoms with Crippen LogP contribution in [-0.4, -0.2) is 76.4 Å². The van der Waals surface area contributed by atoms with Crippen LogP contribution in [0.4, 0.5) is 22.8 Å². The summed E-state index contributed by atoms with van der Waals surface area (Å²) in [5, 5.41) is 8.82. The summed E-state index contributed by atoms with van der Waals surface area (Å²) in [4.78, 5) is 26.3. The fraction of sp³-hybridized carbons (Fsp3) is 0.885. The number of hydrogen-bond acceptors (Lipinski definition) is 6. The fourth-order valence-electron chi connectivity index (χ4n) is 6.28. The normalized spacial score (nSPS) is 32.1. The van der Waals surface area contributed by atoms with Crippen LogP contribution in [0.2, 0.25) is 0 Å². The number of carbonyl (C=O) groups excluding carboxylic acids is 2. The molecule has 0 aromatic rings. The van der Waals surface area contributed by atoms with Gasteiger partial charge in [-0.3, -0.25) is 5.01 Å². The first-order valence-electron chi connectivity index (χ1n) is 13.3. The van der Waals surface area contributed by atoms with Crippen molar-refractivity contribution in [2.75, 3.05) is 19.6 Å². The number of fused-ring (bicyclic) bond motifs is 4. The number of piperidine rings is 1. The molecular formula is C26H41F3N4O4. The summed E-state index contributed by atoms with van der Waals surface area (Å²) in [5.41, 5.74) is -1.42. The number of ether oxygens (including phenoxy) is 2. The van der Waals surface area contributed by atoms with E-state index in [0.717, 1.165) is 19.3 Å². The number of amides is 2. The van der Waals surface area contributed by atoms with Gasteiger partial charge in [0.1, 0.15) is 11.2 Å². The number of rotatable bonds is 3. The maximum Gasteiger partial charge on any atom is 0.411 e. The molecule has 2 bridgehead atoms. The lowest BCUT2D eigenvalue weighted by Crippen LogP contribution is -2.60. The van der Waals surface area contributed by atoms with E-state index in [0.29, 0.717) is 37.9 Å². The van der Waals surface area contributed by atoms with E-state index in [1.54, 1.807) is 20.8 Å². The van der Waals surface area contributed by atoms with Crippen LogP contribution in [-0.2, 0) is 9.47 Å². The van der Waals surface area contributed by atoms with Gasteiger partial charge in [0, 0.05) is 43.2 Å². The summed E-state index contributed by atoms with van der Waals surface area (Å²) < 4.78 is 54.1. The minimum atomic E-state index is -4.48. The third-order valence-corrected chi connectivity index (χ3v) is 8.09. The van der Waals surface area contributed by atoms with Crippen molar-refractivity contribution in [3.8, 4) is 0 Å². The molecule has 2 amide bonds. The van der Waals surface area contributed by atoms with Crippen LogP contribution in [0.15, 0.2) is 5.10 Å². The zero-order valence-electron chi connectivity index (χ0n) is 22.8. The first kappa shape index (κ1) is 27.8. The summed E-state index contributed by atoms with van der Waals surface area (Å²) in [7, 11) is 0. The maximum absolute atomic E-state index is 14.4. The molecule has 4 fully saturated rings. The van der Waals surface area contributed by atoms with Crippen molar-refractivity contribution in [2.24, 2.45) is 16.4 Å². The van der Waals surface area contributed by atoms with Gasteiger partial charge in [-0.1, -0.05) is 0 Å². The van der Waals surface area contributed by atoms with Gasteiger partial charge in [-0.15, -0.1) is 0 Å². The second-order valence-corrected chi connectivity index (χ2v) is 13.4. The van der Waals surface area contributed by atoms with Gasteiger partial charge in [0.05, 0.1) is 0 Å². The van der Waals surface area contributed by atoms with Crippen molar-refractivity contribution in [3.05, 3.63) is 0 Å². The number of likely N-dealkylation sites (tertiary alicyclic amines) is 1. The summed E-state index contributed by atoms with van der Waals surface area (Å²) in [6.45, 7) is 11.1. The van der Waals surface area contributed by atoms with Crippen molar-refractivity contribution in [1.29, 1.82) is 0 Å². The van der Waals surface area contributed by atoms with Crippen LogP contribution in [0.25, 0.3) is 0 Å². The van der Waals surface area contributed by atoms with E-state index in [1.807, 2.05) is 20.8 Å². The Hall–Kier alpha value is -2.20. The molecule has 11 heteroatoms. The Balaban J connectivity index is 1.43. The highest BCUT2D eigenvalue weighted by Crippen LogP contribution is 2.54. The molecule has 37 heavy (non-hydrogen) atoms. The number of halogens is 3. The number of nitrogens with zero attached hydrogens (tertiary/aromatic N) is 3. The zero-order valence-corrected chi connectivity index (χ0v) is 22.8. The van der Waals surface area contributed by atoms with E-state index in [1.165, 1.54) is 9.91 Å². The molecule has 0 aromatic carbocycles. The van der Waals surface area contributed by atoms with Crippen LogP contribution < -0.4 is 5.32 Å². The van der Waals surface area contributed by atoms with Gasteiger partial charge >= 0.3 is 18.4 Å². The summed E-state index contributed by atoms with van der Waals surface area (Å²) in [6.07, 6.45) is -0.884. The Bertz CT molecular complexity index is 913.